The van der Waals surface area contributed by atoms with Crippen molar-refractivity contribution in [1.82, 2.24) is 0 Å². The maximum absolute atomic E-state index is 11.0. The van der Waals surface area contributed by atoms with Crippen LogP contribution in [-0.4, -0.2) is 24.2 Å². The molecule has 0 saturated carbocycles. The van der Waals surface area contributed by atoms with Crippen LogP contribution in [0.25, 0.3) is 0 Å². The van der Waals surface area contributed by atoms with Gasteiger partial charge in [0.05, 0.1) is 5.56 Å². The molecule has 3 nitrogen and oxygen atoms in total. The third-order valence-electron chi connectivity index (χ3n) is 3.55. The number of hydrogen-bond donors (Lipinski definition) is 1. The van der Waals surface area contributed by atoms with Crippen LogP contribution in [0.1, 0.15) is 36.2 Å². The van der Waals surface area contributed by atoms with Crippen molar-refractivity contribution in [2.75, 3.05) is 18.0 Å². The summed E-state index contributed by atoms with van der Waals surface area (Å²) in [7, 11) is 0. The normalized spacial score (nSPS) is 15.8. The Kier molecular flexibility index (Phi) is 3.36. The molecule has 1 aromatic carbocycles. The van der Waals surface area contributed by atoms with E-state index in [1.165, 1.54) is 5.56 Å². The molecule has 1 unspecified atom stereocenters. The van der Waals surface area contributed by atoms with Gasteiger partial charge in [-0.05, 0) is 30.0 Å². The predicted octanol–water partition coefficient (Wildman–Crippen LogP) is 2.79. The number of carboxylic acid groups (broad SMARTS) is 1. The first-order chi connectivity index (χ1) is 8.11. The number of anilines is 1. The first kappa shape index (κ1) is 12.0. The fourth-order valence-corrected chi connectivity index (χ4v) is 2.27. The molecular weight excluding hydrogens is 214 g/mol. The van der Waals surface area contributed by atoms with E-state index >= 15 is 0 Å². The molecule has 0 aliphatic carbocycles. The number of benzene rings is 1. The van der Waals surface area contributed by atoms with Gasteiger partial charge in [0.25, 0.3) is 0 Å². The van der Waals surface area contributed by atoms with E-state index in [2.05, 4.69) is 18.7 Å². The summed E-state index contributed by atoms with van der Waals surface area (Å²) in [6, 6.07) is 5.47. The molecule has 1 aliphatic rings. The number of rotatable bonds is 4. The summed E-state index contributed by atoms with van der Waals surface area (Å²) < 4.78 is 0. The van der Waals surface area contributed by atoms with E-state index in [0.717, 1.165) is 31.6 Å². The van der Waals surface area contributed by atoms with E-state index in [1.54, 1.807) is 6.07 Å². The van der Waals surface area contributed by atoms with E-state index in [4.69, 9.17) is 5.11 Å². The first-order valence-electron chi connectivity index (χ1n) is 6.23. The largest absolute Gasteiger partial charge is 0.478 e. The van der Waals surface area contributed by atoms with E-state index < -0.39 is 5.97 Å². The van der Waals surface area contributed by atoms with Crippen LogP contribution in [0.4, 0.5) is 5.69 Å². The fraction of sp³-hybridized carbons (Fsp3) is 0.500. The zero-order valence-corrected chi connectivity index (χ0v) is 10.4. The molecule has 0 aromatic heterocycles. The zero-order chi connectivity index (χ0) is 12.4. The summed E-state index contributed by atoms with van der Waals surface area (Å²) in [5, 5.41) is 9.01. The van der Waals surface area contributed by atoms with Crippen LogP contribution in [0.3, 0.4) is 0 Å². The molecule has 0 amide bonds. The number of carboxylic acids is 1. The van der Waals surface area contributed by atoms with Crippen molar-refractivity contribution in [2.45, 2.75) is 26.7 Å². The van der Waals surface area contributed by atoms with E-state index in [1.807, 2.05) is 12.1 Å². The third kappa shape index (κ3) is 2.43. The van der Waals surface area contributed by atoms with E-state index in [9.17, 15) is 4.79 Å². The van der Waals surface area contributed by atoms with Gasteiger partial charge >= 0.3 is 5.97 Å². The maximum Gasteiger partial charge on any atom is 0.335 e. The highest BCUT2D eigenvalue weighted by atomic mass is 16.4. The van der Waals surface area contributed by atoms with Crippen molar-refractivity contribution < 1.29 is 9.90 Å². The molecule has 1 aromatic rings. The smallest absolute Gasteiger partial charge is 0.335 e. The molecule has 1 heterocycles. The number of hydrogen-bond acceptors (Lipinski definition) is 2. The first-order valence-corrected chi connectivity index (χ1v) is 6.23. The monoisotopic (exact) mass is 233 g/mol. The molecule has 1 aliphatic heterocycles. The number of nitrogens with zero attached hydrogens (tertiary/aromatic N) is 1. The van der Waals surface area contributed by atoms with Crippen molar-refractivity contribution in [3.8, 4) is 0 Å². The highest BCUT2D eigenvalue weighted by Crippen LogP contribution is 2.30. The Hall–Kier alpha value is -1.51. The average Bonchev–Trinajstić information content (AvgIpc) is 2.71. The van der Waals surface area contributed by atoms with Gasteiger partial charge < -0.3 is 10.0 Å². The molecule has 0 radical (unpaired) electrons. The second-order valence-corrected chi connectivity index (χ2v) is 4.86. The number of carbonyl (C=O) groups is 1. The Morgan fingerprint density at radius 2 is 2.29 bits per heavy atom. The second kappa shape index (κ2) is 4.78. The zero-order valence-electron chi connectivity index (χ0n) is 10.4. The minimum atomic E-state index is -0.844. The van der Waals surface area contributed by atoms with Gasteiger partial charge in [-0.1, -0.05) is 26.3 Å². The Labute approximate surface area is 102 Å². The molecule has 1 N–H and O–H groups in total. The summed E-state index contributed by atoms with van der Waals surface area (Å²) in [4.78, 5) is 13.3. The minimum absolute atomic E-state index is 0.389. The van der Waals surface area contributed by atoms with Crippen molar-refractivity contribution in [3.63, 3.8) is 0 Å². The SMILES string of the molecule is CCC(C)CN1CCc2ccc(C(=O)O)cc21. The molecule has 0 spiro atoms. The lowest BCUT2D eigenvalue weighted by molar-refractivity contribution is 0.0697. The predicted molar refractivity (Wildman–Crippen MR) is 68.8 cm³/mol. The lowest BCUT2D eigenvalue weighted by Crippen LogP contribution is -2.26. The number of fused-ring (bicyclic) bond motifs is 1. The van der Waals surface area contributed by atoms with Gasteiger partial charge in [-0.2, -0.15) is 0 Å². The van der Waals surface area contributed by atoms with Gasteiger partial charge in [-0.3, -0.25) is 0 Å². The van der Waals surface area contributed by atoms with Crippen LogP contribution in [0.15, 0.2) is 18.2 Å². The molecule has 3 heteroatoms. The molecule has 0 saturated heterocycles. The van der Waals surface area contributed by atoms with Crippen molar-refractivity contribution in [3.05, 3.63) is 29.3 Å². The van der Waals surface area contributed by atoms with Crippen LogP contribution in [0.5, 0.6) is 0 Å². The molecule has 0 fully saturated rings. The quantitative estimate of drug-likeness (QED) is 0.869. The summed E-state index contributed by atoms with van der Waals surface area (Å²) >= 11 is 0. The van der Waals surface area contributed by atoms with Gasteiger partial charge in [-0.15, -0.1) is 0 Å². The molecule has 0 bridgehead atoms. The fourth-order valence-electron chi connectivity index (χ4n) is 2.27. The van der Waals surface area contributed by atoms with Crippen LogP contribution in [0.2, 0.25) is 0 Å². The minimum Gasteiger partial charge on any atom is -0.478 e. The van der Waals surface area contributed by atoms with Crippen LogP contribution in [0, 0.1) is 5.92 Å². The summed E-state index contributed by atoms with van der Waals surface area (Å²) in [6.07, 6.45) is 2.19. The standard InChI is InChI=1S/C14H19NO2/c1-3-10(2)9-15-7-6-11-4-5-12(14(16)17)8-13(11)15/h4-5,8,10H,3,6-7,9H2,1-2H3,(H,16,17). The maximum atomic E-state index is 11.0. The lowest BCUT2D eigenvalue weighted by atomic mass is 10.1. The Morgan fingerprint density at radius 1 is 1.53 bits per heavy atom. The third-order valence-corrected chi connectivity index (χ3v) is 3.55. The summed E-state index contributed by atoms with van der Waals surface area (Å²) in [5.41, 5.74) is 2.78. The van der Waals surface area contributed by atoms with Gasteiger partial charge in [0, 0.05) is 18.8 Å². The highest BCUT2D eigenvalue weighted by Gasteiger charge is 2.21. The van der Waals surface area contributed by atoms with Crippen LogP contribution < -0.4 is 4.90 Å². The van der Waals surface area contributed by atoms with Gasteiger partial charge in [0.15, 0.2) is 0 Å². The average molecular weight is 233 g/mol. The summed E-state index contributed by atoms with van der Waals surface area (Å²) in [6.45, 7) is 6.46. The molecule has 2 rings (SSSR count). The van der Waals surface area contributed by atoms with Gasteiger partial charge in [0.2, 0.25) is 0 Å². The van der Waals surface area contributed by atoms with Crippen LogP contribution in [-0.2, 0) is 6.42 Å². The Balaban J connectivity index is 2.23. The molecule has 17 heavy (non-hydrogen) atoms. The second-order valence-electron chi connectivity index (χ2n) is 4.86. The number of aromatic carboxylic acids is 1. The highest BCUT2D eigenvalue weighted by molar-refractivity contribution is 5.89. The Bertz CT molecular complexity index is 428. The van der Waals surface area contributed by atoms with E-state index in [-0.39, 0.29) is 0 Å². The van der Waals surface area contributed by atoms with Gasteiger partial charge in [-0.25, -0.2) is 4.79 Å². The molecule has 92 valence electrons. The van der Waals surface area contributed by atoms with Crippen molar-refractivity contribution in [1.29, 1.82) is 0 Å². The van der Waals surface area contributed by atoms with Crippen molar-refractivity contribution >= 4 is 11.7 Å². The van der Waals surface area contributed by atoms with E-state index in [0.29, 0.717) is 11.5 Å². The molecular formula is C14H19NO2. The molecule has 1 atom stereocenters. The summed E-state index contributed by atoms with van der Waals surface area (Å²) in [5.74, 6) is -0.197. The van der Waals surface area contributed by atoms with Gasteiger partial charge in [0.1, 0.15) is 0 Å². The lowest BCUT2D eigenvalue weighted by Gasteiger charge is -2.23. The Morgan fingerprint density at radius 3 is 2.94 bits per heavy atom. The topological polar surface area (TPSA) is 40.5 Å². The van der Waals surface area contributed by atoms with Crippen LogP contribution >= 0.6 is 0 Å². The van der Waals surface area contributed by atoms with Crippen molar-refractivity contribution in [2.24, 2.45) is 5.92 Å².